The molecule has 0 aromatic heterocycles. The quantitative estimate of drug-likeness (QED) is 0.370. The van der Waals surface area contributed by atoms with Gasteiger partial charge in [0.1, 0.15) is 0 Å². The largest absolute Gasteiger partial charge is 0.356 e. The lowest BCUT2D eigenvalue weighted by Gasteiger charge is -2.12. The molecule has 0 radical (unpaired) electrons. The van der Waals surface area contributed by atoms with Crippen LogP contribution < -0.4 is 16.0 Å². The Labute approximate surface area is 116 Å². The predicted octanol–water partition coefficient (Wildman–Crippen LogP) is 1.26. The van der Waals surface area contributed by atoms with Crippen molar-refractivity contribution in [3.05, 3.63) is 0 Å². The Bertz CT molecular complexity index is 285. The average molecular weight is 268 g/mol. The molecule has 1 saturated carbocycles. The number of rotatable bonds is 7. The highest BCUT2D eigenvalue weighted by molar-refractivity contribution is 5.79. The van der Waals surface area contributed by atoms with Crippen molar-refractivity contribution in [3.63, 3.8) is 0 Å². The van der Waals surface area contributed by atoms with Crippen LogP contribution in [0.25, 0.3) is 0 Å². The molecule has 0 unspecified atom stereocenters. The van der Waals surface area contributed by atoms with Gasteiger partial charge in [-0.25, -0.2) is 0 Å². The fourth-order valence-corrected chi connectivity index (χ4v) is 2.40. The second kappa shape index (κ2) is 9.64. The molecule has 5 heteroatoms. The van der Waals surface area contributed by atoms with E-state index in [9.17, 15) is 4.79 Å². The molecular weight excluding hydrogens is 240 g/mol. The van der Waals surface area contributed by atoms with Gasteiger partial charge in [0.15, 0.2) is 5.96 Å². The Hall–Kier alpha value is -1.26. The number of hydrogen-bond donors (Lipinski definition) is 3. The van der Waals surface area contributed by atoms with Crippen molar-refractivity contribution in [1.82, 2.24) is 16.0 Å². The minimum Gasteiger partial charge on any atom is -0.356 e. The summed E-state index contributed by atoms with van der Waals surface area (Å²) in [5, 5.41) is 9.33. The van der Waals surface area contributed by atoms with Gasteiger partial charge < -0.3 is 16.0 Å². The van der Waals surface area contributed by atoms with Crippen LogP contribution >= 0.6 is 0 Å². The van der Waals surface area contributed by atoms with Gasteiger partial charge in [0.2, 0.25) is 5.91 Å². The van der Waals surface area contributed by atoms with Crippen molar-refractivity contribution < 1.29 is 4.79 Å². The zero-order valence-corrected chi connectivity index (χ0v) is 12.3. The van der Waals surface area contributed by atoms with Gasteiger partial charge in [-0.2, -0.15) is 0 Å². The third-order valence-corrected chi connectivity index (χ3v) is 3.45. The number of amides is 1. The molecule has 1 rings (SSSR count). The Morgan fingerprint density at radius 1 is 1.11 bits per heavy atom. The van der Waals surface area contributed by atoms with E-state index in [0.717, 1.165) is 18.9 Å². The highest BCUT2D eigenvalue weighted by Gasteiger charge is 2.17. The average Bonchev–Trinajstić information content (AvgIpc) is 2.90. The Kier molecular flexibility index (Phi) is 8.02. The monoisotopic (exact) mass is 268 g/mol. The second-order valence-corrected chi connectivity index (χ2v) is 5.13. The van der Waals surface area contributed by atoms with E-state index in [4.69, 9.17) is 0 Å². The van der Waals surface area contributed by atoms with Crippen molar-refractivity contribution in [3.8, 4) is 0 Å². The molecule has 0 aromatic rings. The van der Waals surface area contributed by atoms with E-state index in [1.165, 1.54) is 25.7 Å². The van der Waals surface area contributed by atoms with Crippen LogP contribution in [-0.4, -0.2) is 38.5 Å². The first kappa shape index (κ1) is 15.8. The molecule has 1 fully saturated rings. The van der Waals surface area contributed by atoms with Gasteiger partial charge >= 0.3 is 0 Å². The number of aliphatic imine (C=N–C) groups is 1. The summed E-state index contributed by atoms with van der Waals surface area (Å²) in [6, 6.07) is 0. The van der Waals surface area contributed by atoms with E-state index in [-0.39, 0.29) is 5.91 Å². The normalized spacial score (nSPS) is 16.4. The minimum atomic E-state index is 0.185. The van der Waals surface area contributed by atoms with Crippen LogP contribution in [-0.2, 0) is 4.79 Å². The first-order valence-electron chi connectivity index (χ1n) is 7.47. The maximum absolute atomic E-state index is 11.7. The molecule has 3 N–H and O–H groups in total. The van der Waals surface area contributed by atoms with Crippen LogP contribution in [0.1, 0.15) is 45.4 Å². The van der Waals surface area contributed by atoms with Gasteiger partial charge in [-0.15, -0.1) is 0 Å². The van der Waals surface area contributed by atoms with Crippen LogP contribution in [0.4, 0.5) is 0 Å². The molecule has 0 spiro atoms. The highest BCUT2D eigenvalue weighted by Crippen LogP contribution is 2.27. The number of nitrogens with zero attached hydrogens (tertiary/aromatic N) is 1. The van der Waals surface area contributed by atoms with Crippen molar-refractivity contribution in [1.29, 1.82) is 0 Å². The smallest absolute Gasteiger partial charge is 0.220 e. The summed E-state index contributed by atoms with van der Waals surface area (Å²) >= 11 is 0. The summed E-state index contributed by atoms with van der Waals surface area (Å²) in [7, 11) is 1.75. The minimum absolute atomic E-state index is 0.185. The van der Waals surface area contributed by atoms with E-state index >= 15 is 0 Å². The third kappa shape index (κ3) is 7.03. The molecule has 0 aromatic carbocycles. The zero-order valence-electron chi connectivity index (χ0n) is 12.3. The van der Waals surface area contributed by atoms with Crippen molar-refractivity contribution in [2.24, 2.45) is 10.9 Å². The van der Waals surface area contributed by atoms with Crippen LogP contribution in [0.2, 0.25) is 0 Å². The predicted molar refractivity (Wildman–Crippen MR) is 79.2 cm³/mol. The van der Waals surface area contributed by atoms with Crippen molar-refractivity contribution in [2.75, 3.05) is 26.7 Å². The topological polar surface area (TPSA) is 65.5 Å². The van der Waals surface area contributed by atoms with Crippen LogP contribution in [0.15, 0.2) is 4.99 Å². The fraction of sp³-hybridized carbons (Fsp3) is 0.857. The fourth-order valence-electron chi connectivity index (χ4n) is 2.40. The maximum atomic E-state index is 11.7. The summed E-state index contributed by atoms with van der Waals surface area (Å²) in [6.45, 7) is 4.38. The standard InChI is InChI=1S/C14H28N4O/c1-3-8-17-14(15-2)18-10-9-16-13(19)11-12-6-4-5-7-12/h12H,3-11H2,1-2H3,(H,16,19)(H2,15,17,18). The summed E-state index contributed by atoms with van der Waals surface area (Å²) in [5.74, 6) is 1.60. The van der Waals surface area contributed by atoms with E-state index in [1.54, 1.807) is 7.05 Å². The first-order valence-corrected chi connectivity index (χ1v) is 7.47. The van der Waals surface area contributed by atoms with E-state index < -0.39 is 0 Å². The number of carbonyl (C=O) groups is 1. The van der Waals surface area contributed by atoms with Gasteiger partial charge in [-0.1, -0.05) is 19.8 Å². The Balaban J connectivity index is 2.04. The lowest BCUT2D eigenvalue weighted by molar-refractivity contribution is -0.121. The van der Waals surface area contributed by atoms with Gasteiger partial charge in [-0.05, 0) is 25.2 Å². The molecule has 5 nitrogen and oxygen atoms in total. The summed E-state index contributed by atoms with van der Waals surface area (Å²) < 4.78 is 0. The van der Waals surface area contributed by atoms with Gasteiger partial charge in [0.05, 0.1) is 0 Å². The molecule has 0 saturated heterocycles. The summed E-state index contributed by atoms with van der Waals surface area (Å²) in [4.78, 5) is 15.8. The molecule has 0 aliphatic heterocycles. The molecule has 1 aliphatic rings. The molecular formula is C14H28N4O. The van der Waals surface area contributed by atoms with Crippen molar-refractivity contribution in [2.45, 2.75) is 45.4 Å². The molecule has 1 amide bonds. The Morgan fingerprint density at radius 2 is 1.74 bits per heavy atom. The second-order valence-electron chi connectivity index (χ2n) is 5.13. The van der Waals surface area contributed by atoms with E-state index in [0.29, 0.717) is 25.4 Å². The number of guanidine groups is 1. The van der Waals surface area contributed by atoms with Crippen molar-refractivity contribution >= 4 is 11.9 Å². The van der Waals surface area contributed by atoms with E-state index in [1.807, 2.05) is 0 Å². The zero-order chi connectivity index (χ0) is 13.9. The number of hydrogen-bond acceptors (Lipinski definition) is 2. The number of carbonyl (C=O) groups excluding carboxylic acids is 1. The van der Waals surface area contributed by atoms with Gasteiger partial charge in [-0.3, -0.25) is 9.79 Å². The third-order valence-electron chi connectivity index (χ3n) is 3.45. The molecule has 0 atom stereocenters. The van der Waals surface area contributed by atoms with Crippen LogP contribution in [0.3, 0.4) is 0 Å². The molecule has 1 aliphatic carbocycles. The molecule has 0 heterocycles. The first-order chi connectivity index (χ1) is 9.26. The lowest BCUT2D eigenvalue weighted by atomic mass is 10.0. The molecule has 110 valence electrons. The van der Waals surface area contributed by atoms with Gasteiger partial charge in [0, 0.05) is 33.1 Å². The lowest BCUT2D eigenvalue weighted by Crippen LogP contribution is -2.41. The summed E-state index contributed by atoms with van der Waals surface area (Å²) in [6.07, 6.45) is 6.79. The van der Waals surface area contributed by atoms with Crippen LogP contribution in [0, 0.1) is 5.92 Å². The van der Waals surface area contributed by atoms with Gasteiger partial charge in [0.25, 0.3) is 0 Å². The summed E-state index contributed by atoms with van der Waals surface area (Å²) in [5.41, 5.74) is 0. The SMILES string of the molecule is CCCNC(=NC)NCCNC(=O)CC1CCCC1. The highest BCUT2D eigenvalue weighted by atomic mass is 16.1. The van der Waals surface area contributed by atoms with E-state index in [2.05, 4.69) is 27.9 Å². The Morgan fingerprint density at radius 3 is 2.37 bits per heavy atom. The maximum Gasteiger partial charge on any atom is 0.220 e. The molecule has 19 heavy (non-hydrogen) atoms. The van der Waals surface area contributed by atoms with Crippen LogP contribution in [0.5, 0.6) is 0 Å². The number of nitrogens with one attached hydrogen (secondary N) is 3. The molecule has 0 bridgehead atoms.